The molecule has 39 heavy (non-hydrogen) atoms. The number of amides is 1. The quantitative estimate of drug-likeness (QED) is 0.243. The standard InChI is InChI=1S/C31H30ClN3O2S.ClH/c1-34-24-11-13-25(14-12-24)35(31(36)30-29(32)26-8-3-4-9-28(26)38-30)19-23-17-22(10-15-27(23)37-2)21-7-5-6-20(16-21)18-33;/h3-10,15-17,24-25,34H,11-14,19H2,1-2H3;1H. The van der Waals surface area contributed by atoms with E-state index >= 15 is 0 Å². The fourth-order valence-electron chi connectivity index (χ4n) is 5.36. The number of rotatable bonds is 7. The fraction of sp³-hybridized carbons (Fsp3) is 0.290. The van der Waals surface area contributed by atoms with Gasteiger partial charge in [0.2, 0.25) is 0 Å². The summed E-state index contributed by atoms with van der Waals surface area (Å²) in [5.74, 6) is 0.692. The maximum atomic E-state index is 14.2. The van der Waals surface area contributed by atoms with Gasteiger partial charge in [-0.25, -0.2) is 0 Å². The molecular weight excluding hydrogens is 549 g/mol. The second-order valence-corrected chi connectivity index (χ2v) is 11.1. The summed E-state index contributed by atoms with van der Waals surface area (Å²) >= 11 is 8.23. The van der Waals surface area contributed by atoms with Crippen molar-refractivity contribution >= 4 is 51.3 Å². The van der Waals surface area contributed by atoms with E-state index in [-0.39, 0.29) is 24.4 Å². The molecule has 3 aromatic carbocycles. The minimum atomic E-state index is -0.0389. The number of methoxy groups -OCH3 is 1. The van der Waals surface area contributed by atoms with Gasteiger partial charge in [0.05, 0.1) is 23.8 Å². The molecule has 1 aliphatic rings. The predicted octanol–water partition coefficient (Wildman–Crippen LogP) is 7.70. The van der Waals surface area contributed by atoms with Crippen LogP contribution in [0.5, 0.6) is 5.75 Å². The first kappa shape index (κ1) is 28.9. The zero-order chi connectivity index (χ0) is 26.6. The summed E-state index contributed by atoms with van der Waals surface area (Å²) in [6.07, 6.45) is 3.88. The molecule has 5 rings (SSSR count). The van der Waals surface area contributed by atoms with Gasteiger partial charge in [-0.15, -0.1) is 23.7 Å². The Morgan fingerprint density at radius 3 is 2.51 bits per heavy atom. The molecule has 1 saturated carbocycles. The van der Waals surface area contributed by atoms with Gasteiger partial charge < -0.3 is 15.0 Å². The Kier molecular flexibility index (Phi) is 9.53. The van der Waals surface area contributed by atoms with Crippen LogP contribution >= 0.6 is 35.3 Å². The van der Waals surface area contributed by atoms with Gasteiger partial charge >= 0.3 is 0 Å². The zero-order valence-electron chi connectivity index (χ0n) is 21.9. The van der Waals surface area contributed by atoms with Crippen molar-refractivity contribution in [1.82, 2.24) is 10.2 Å². The van der Waals surface area contributed by atoms with Gasteiger partial charge in [-0.2, -0.15) is 5.26 Å². The van der Waals surface area contributed by atoms with Crippen molar-refractivity contribution < 1.29 is 9.53 Å². The van der Waals surface area contributed by atoms with Gasteiger partial charge in [0.15, 0.2) is 0 Å². The lowest BCUT2D eigenvalue weighted by atomic mass is 9.89. The molecule has 0 saturated heterocycles. The van der Waals surface area contributed by atoms with E-state index in [4.69, 9.17) is 16.3 Å². The van der Waals surface area contributed by atoms with Crippen LogP contribution in [0.4, 0.5) is 0 Å². The Bertz CT molecular complexity index is 1510. The highest BCUT2D eigenvalue weighted by atomic mass is 35.5. The van der Waals surface area contributed by atoms with Gasteiger partial charge in [0.1, 0.15) is 10.6 Å². The molecule has 0 spiro atoms. The Morgan fingerprint density at radius 2 is 1.82 bits per heavy atom. The Hall–Kier alpha value is -3.08. The van der Waals surface area contributed by atoms with Gasteiger partial charge in [-0.3, -0.25) is 4.79 Å². The molecule has 0 atom stereocenters. The van der Waals surface area contributed by atoms with Crippen molar-refractivity contribution in [3.63, 3.8) is 0 Å². The summed E-state index contributed by atoms with van der Waals surface area (Å²) in [5.41, 5.74) is 3.46. The Labute approximate surface area is 244 Å². The molecule has 1 amide bonds. The van der Waals surface area contributed by atoms with E-state index in [0.717, 1.165) is 58.2 Å². The number of nitrogens with one attached hydrogen (secondary N) is 1. The SMILES string of the molecule is CNC1CCC(N(Cc2cc(-c3cccc(C#N)c3)ccc2OC)C(=O)c2sc3ccccc3c2Cl)CC1.Cl. The third-order valence-electron chi connectivity index (χ3n) is 7.48. The highest BCUT2D eigenvalue weighted by Crippen LogP contribution is 2.38. The number of fused-ring (bicyclic) bond motifs is 1. The smallest absolute Gasteiger partial charge is 0.266 e. The minimum absolute atomic E-state index is 0. The Balaban J connectivity index is 0.00000353. The van der Waals surface area contributed by atoms with E-state index in [1.165, 1.54) is 11.3 Å². The summed E-state index contributed by atoms with van der Waals surface area (Å²) in [5, 5.41) is 14.2. The van der Waals surface area contributed by atoms with Crippen LogP contribution in [0.1, 0.15) is 46.5 Å². The van der Waals surface area contributed by atoms with Crippen LogP contribution in [-0.2, 0) is 6.54 Å². The Morgan fingerprint density at radius 1 is 1.08 bits per heavy atom. The predicted molar refractivity (Wildman–Crippen MR) is 162 cm³/mol. The molecule has 0 unspecified atom stereocenters. The first-order valence-corrected chi connectivity index (χ1v) is 14.0. The van der Waals surface area contributed by atoms with Crippen LogP contribution in [0.2, 0.25) is 5.02 Å². The number of hydrogen-bond donors (Lipinski definition) is 1. The summed E-state index contributed by atoms with van der Waals surface area (Å²) < 4.78 is 6.75. The highest BCUT2D eigenvalue weighted by molar-refractivity contribution is 7.21. The third-order valence-corrected chi connectivity index (χ3v) is 9.15. The molecule has 8 heteroatoms. The number of carbonyl (C=O) groups is 1. The number of hydrogen-bond acceptors (Lipinski definition) is 5. The number of ether oxygens (including phenoxy) is 1. The zero-order valence-corrected chi connectivity index (χ0v) is 24.3. The third kappa shape index (κ3) is 6.08. The van der Waals surface area contributed by atoms with Crippen molar-refractivity contribution in [3.05, 3.63) is 87.8 Å². The van der Waals surface area contributed by atoms with Gasteiger partial charge in [0.25, 0.3) is 5.91 Å². The van der Waals surface area contributed by atoms with E-state index in [9.17, 15) is 10.1 Å². The maximum absolute atomic E-state index is 14.2. The lowest BCUT2D eigenvalue weighted by Crippen LogP contribution is -2.44. The first-order valence-electron chi connectivity index (χ1n) is 12.8. The molecule has 202 valence electrons. The van der Waals surface area contributed by atoms with Crippen LogP contribution in [0.25, 0.3) is 21.2 Å². The van der Waals surface area contributed by atoms with Crippen molar-refractivity contribution in [3.8, 4) is 22.9 Å². The monoisotopic (exact) mass is 579 g/mol. The van der Waals surface area contributed by atoms with Crippen LogP contribution in [0.3, 0.4) is 0 Å². The van der Waals surface area contributed by atoms with Crippen molar-refractivity contribution in [1.29, 1.82) is 5.26 Å². The lowest BCUT2D eigenvalue weighted by molar-refractivity contribution is 0.0604. The molecule has 1 N–H and O–H groups in total. The van der Waals surface area contributed by atoms with Crippen molar-refractivity contribution in [2.24, 2.45) is 0 Å². The minimum Gasteiger partial charge on any atom is -0.496 e. The second-order valence-electron chi connectivity index (χ2n) is 9.69. The molecule has 0 radical (unpaired) electrons. The molecule has 1 fully saturated rings. The summed E-state index contributed by atoms with van der Waals surface area (Å²) in [6, 6.07) is 24.2. The normalized spacial score (nSPS) is 16.8. The highest BCUT2D eigenvalue weighted by Gasteiger charge is 2.32. The van der Waals surface area contributed by atoms with Gasteiger partial charge in [0, 0.05) is 34.3 Å². The average Bonchev–Trinajstić information content (AvgIpc) is 3.31. The summed E-state index contributed by atoms with van der Waals surface area (Å²) in [4.78, 5) is 16.8. The molecule has 5 nitrogen and oxygen atoms in total. The number of nitrogens with zero attached hydrogens (tertiary/aromatic N) is 2. The van der Waals surface area contributed by atoms with E-state index in [1.807, 2.05) is 66.5 Å². The average molecular weight is 581 g/mol. The van der Waals surface area contributed by atoms with Crippen LogP contribution in [0, 0.1) is 11.3 Å². The van der Waals surface area contributed by atoms with Crippen LogP contribution in [-0.4, -0.2) is 37.0 Å². The molecule has 0 bridgehead atoms. The van der Waals surface area contributed by atoms with Gasteiger partial charge in [-0.05, 0) is 74.2 Å². The molecule has 1 heterocycles. The lowest BCUT2D eigenvalue weighted by Gasteiger charge is -2.37. The molecule has 4 aromatic rings. The van der Waals surface area contributed by atoms with Crippen LogP contribution < -0.4 is 10.1 Å². The number of carbonyl (C=O) groups excluding carboxylic acids is 1. The van der Waals surface area contributed by atoms with Gasteiger partial charge in [-0.1, -0.05) is 48.0 Å². The largest absolute Gasteiger partial charge is 0.496 e. The van der Waals surface area contributed by atoms with E-state index in [0.29, 0.717) is 28.0 Å². The summed E-state index contributed by atoms with van der Waals surface area (Å²) in [7, 11) is 3.66. The van der Waals surface area contributed by atoms with Crippen LogP contribution in [0.15, 0.2) is 66.7 Å². The number of halogens is 2. The van der Waals surface area contributed by atoms with E-state index < -0.39 is 0 Å². The maximum Gasteiger partial charge on any atom is 0.266 e. The second kappa shape index (κ2) is 12.8. The van der Waals surface area contributed by atoms with Crippen molar-refractivity contribution in [2.75, 3.05) is 14.2 Å². The topological polar surface area (TPSA) is 65.4 Å². The van der Waals surface area contributed by atoms with E-state index in [2.05, 4.69) is 17.5 Å². The molecule has 1 aromatic heterocycles. The molecule has 1 aliphatic carbocycles. The number of nitriles is 1. The van der Waals surface area contributed by atoms with Crippen molar-refractivity contribution in [2.45, 2.75) is 44.3 Å². The van der Waals surface area contributed by atoms with E-state index in [1.54, 1.807) is 13.2 Å². The first-order chi connectivity index (χ1) is 18.5. The number of thiophene rings is 1. The molecule has 0 aliphatic heterocycles. The summed E-state index contributed by atoms with van der Waals surface area (Å²) in [6.45, 7) is 0.410. The fourth-order valence-corrected chi connectivity index (χ4v) is 6.83. The number of benzene rings is 3. The molecular formula is C31H31Cl2N3O2S.